The Balaban J connectivity index is 2.21. The zero-order valence-corrected chi connectivity index (χ0v) is 14.9. The molecule has 2 rings (SSSR count). The molecule has 1 atom stereocenters. The number of nitrogens with one attached hydrogen (secondary N) is 1. The third-order valence-corrected chi connectivity index (χ3v) is 5.62. The molecule has 0 amide bonds. The van der Waals surface area contributed by atoms with Crippen molar-refractivity contribution < 1.29 is 0 Å². The monoisotopic (exact) mass is 355 g/mol. The van der Waals surface area contributed by atoms with Crippen LogP contribution in [0.5, 0.6) is 0 Å². The van der Waals surface area contributed by atoms with Crippen LogP contribution in [0.1, 0.15) is 41.2 Å². The summed E-state index contributed by atoms with van der Waals surface area (Å²) in [5.41, 5.74) is 3.67. The first kappa shape index (κ1) is 15.7. The van der Waals surface area contributed by atoms with Gasteiger partial charge >= 0.3 is 0 Å². The molecule has 5 heteroatoms. The van der Waals surface area contributed by atoms with E-state index < -0.39 is 0 Å². The van der Waals surface area contributed by atoms with Crippen molar-refractivity contribution in [3.05, 3.63) is 37.7 Å². The number of aryl methyl sites for hydroxylation is 3. The highest BCUT2D eigenvalue weighted by atomic mass is 79.9. The van der Waals surface area contributed by atoms with Crippen LogP contribution in [0.2, 0.25) is 0 Å². The quantitative estimate of drug-likeness (QED) is 0.843. The largest absolute Gasteiger partial charge is 0.309 e. The minimum absolute atomic E-state index is 0.361. The van der Waals surface area contributed by atoms with E-state index in [1.54, 1.807) is 0 Å². The molecule has 0 saturated heterocycles. The fourth-order valence-electron chi connectivity index (χ4n) is 2.31. The Morgan fingerprint density at radius 1 is 1.40 bits per heavy atom. The highest BCUT2D eigenvalue weighted by Gasteiger charge is 2.17. The molecule has 0 bridgehead atoms. The van der Waals surface area contributed by atoms with Crippen LogP contribution in [0.4, 0.5) is 0 Å². The molecule has 0 aliphatic rings. The number of halogens is 1. The van der Waals surface area contributed by atoms with Gasteiger partial charge in [0.2, 0.25) is 0 Å². The van der Waals surface area contributed by atoms with Gasteiger partial charge in [-0.25, -0.2) is 0 Å². The van der Waals surface area contributed by atoms with Crippen molar-refractivity contribution in [2.45, 2.75) is 39.7 Å². The lowest BCUT2D eigenvalue weighted by molar-refractivity contribution is 0.518. The van der Waals surface area contributed by atoms with Crippen LogP contribution in [0.3, 0.4) is 0 Å². The highest BCUT2D eigenvalue weighted by Crippen LogP contribution is 2.32. The Labute approximate surface area is 133 Å². The Bertz CT molecular complexity index is 554. The molecular formula is C15H22BrN3S. The van der Waals surface area contributed by atoms with Crippen molar-refractivity contribution in [1.29, 1.82) is 0 Å². The number of rotatable bonds is 6. The van der Waals surface area contributed by atoms with Gasteiger partial charge in [-0.15, -0.1) is 11.3 Å². The zero-order chi connectivity index (χ0) is 14.7. The summed E-state index contributed by atoms with van der Waals surface area (Å²) in [5, 5.41) is 8.10. The average Bonchev–Trinajstić information content (AvgIpc) is 2.88. The molecule has 2 aromatic heterocycles. The number of aromatic nitrogens is 2. The Morgan fingerprint density at radius 2 is 2.15 bits per heavy atom. The van der Waals surface area contributed by atoms with Gasteiger partial charge in [-0.3, -0.25) is 4.68 Å². The second kappa shape index (κ2) is 6.87. The van der Waals surface area contributed by atoms with Crippen molar-refractivity contribution in [3.63, 3.8) is 0 Å². The van der Waals surface area contributed by atoms with Gasteiger partial charge < -0.3 is 5.32 Å². The molecule has 110 valence electrons. The van der Waals surface area contributed by atoms with E-state index in [9.17, 15) is 0 Å². The summed E-state index contributed by atoms with van der Waals surface area (Å²) in [4.78, 5) is 1.39. The highest BCUT2D eigenvalue weighted by molar-refractivity contribution is 9.11. The standard InChI is InChI=1S/C15H22BrN3S/c1-5-6-17-13(14-7-10(2)15(16)20-14)9-12-8-11(3)18-19(12)4/h7-8,13,17H,5-6,9H2,1-4H3. The molecular weight excluding hydrogens is 334 g/mol. The Hall–Kier alpha value is -0.650. The fourth-order valence-corrected chi connectivity index (χ4v) is 3.96. The minimum atomic E-state index is 0.361. The van der Waals surface area contributed by atoms with Crippen LogP contribution in [-0.4, -0.2) is 16.3 Å². The van der Waals surface area contributed by atoms with E-state index in [0.29, 0.717) is 6.04 Å². The van der Waals surface area contributed by atoms with E-state index in [-0.39, 0.29) is 0 Å². The van der Waals surface area contributed by atoms with Crippen LogP contribution < -0.4 is 5.32 Å². The summed E-state index contributed by atoms with van der Waals surface area (Å²) in [6.07, 6.45) is 2.12. The van der Waals surface area contributed by atoms with Gasteiger partial charge in [0.05, 0.1) is 9.48 Å². The predicted octanol–water partition coefficient (Wildman–Crippen LogP) is 4.14. The summed E-state index contributed by atoms with van der Waals surface area (Å²) in [6, 6.07) is 4.82. The smallest absolute Gasteiger partial charge is 0.0731 e. The van der Waals surface area contributed by atoms with Gasteiger partial charge in [-0.1, -0.05) is 6.92 Å². The maximum absolute atomic E-state index is 4.44. The molecule has 0 aliphatic heterocycles. The number of thiophene rings is 1. The number of hydrogen-bond acceptors (Lipinski definition) is 3. The third-order valence-electron chi connectivity index (χ3n) is 3.37. The molecule has 2 heterocycles. The van der Waals surface area contributed by atoms with Crippen molar-refractivity contribution in [2.24, 2.45) is 7.05 Å². The second-order valence-electron chi connectivity index (χ2n) is 5.22. The van der Waals surface area contributed by atoms with Crippen molar-refractivity contribution in [2.75, 3.05) is 6.54 Å². The first-order chi connectivity index (χ1) is 9.51. The number of hydrogen-bond donors (Lipinski definition) is 1. The minimum Gasteiger partial charge on any atom is -0.309 e. The van der Waals surface area contributed by atoms with Crippen molar-refractivity contribution in [1.82, 2.24) is 15.1 Å². The SMILES string of the molecule is CCCNC(Cc1cc(C)nn1C)c1cc(C)c(Br)s1. The second-order valence-corrected chi connectivity index (χ2v) is 7.62. The summed E-state index contributed by atoms with van der Waals surface area (Å²) in [6.45, 7) is 7.43. The van der Waals surface area contributed by atoms with Gasteiger partial charge in [0.25, 0.3) is 0 Å². The normalized spacial score (nSPS) is 12.8. The molecule has 0 aromatic carbocycles. The van der Waals surface area contributed by atoms with Crippen molar-refractivity contribution in [3.8, 4) is 0 Å². The molecule has 3 nitrogen and oxygen atoms in total. The van der Waals surface area contributed by atoms with Crippen LogP contribution in [-0.2, 0) is 13.5 Å². The van der Waals surface area contributed by atoms with Crippen LogP contribution in [0, 0.1) is 13.8 Å². The summed E-state index contributed by atoms with van der Waals surface area (Å²) in [5.74, 6) is 0. The lowest BCUT2D eigenvalue weighted by atomic mass is 10.1. The van der Waals surface area contributed by atoms with Gasteiger partial charge in [0.15, 0.2) is 0 Å². The van der Waals surface area contributed by atoms with Crippen LogP contribution in [0.25, 0.3) is 0 Å². The van der Waals surface area contributed by atoms with Gasteiger partial charge in [0, 0.05) is 30.1 Å². The van der Waals surface area contributed by atoms with E-state index in [1.807, 2.05) is 30.0 Å². The first-order valence-electron chi connectivity index (χ1n) is 7.00. The topological polar surface area (TPSA) is 29.9 Å². The van der Waals surface area contributed by atoms with Gasteiger partial charge in [-0.05, 0) is 60.4 Å². The maximum atomic E-state index is 4.44. The first-order valence-corrected chi connectivity index (χ1v) is 8.61. The van der Waals surface area contributed by atoms with Gasteiger partial charge in [-0.2, -0.15) is 5.10 Å². The molecule has 0 saturated carbocycles. The molecule has 1 N–H and O–H groups in total. The van der Waals surface area contributed by atoms with Gasteiger partial charge in [0.1, 0.15) is 0 Å². The van der Waals surface area contributed by atoms with E-state index >= 15 is 0 Å². The molecule has 0 spiro atoms. The Morgan fingerprint density at radius 3 is 2.65 bits per heavy atom. The van der Waals surface area contributed by atoms with Crippen LogP contribution >= 0.6 is 27.3 Å². The summed E-state index contributed by atoms with van der Waals surface area (Å²) >= 11 is 5.46. The zero-order valence-electron chi connectivity index (χ0n) is 12.5. The van der Waals surface area contributed by atoms with E-state index in [1.165, 1.54) is 19.9 Å². The Kier molecular flexibility index (Phi) is 5.41. The van der Waals surface area contributed by atoms with Crippen LogP contribution in [0.15, 0.2) is 15.9 Å². The lowest BCUT2D eigenvalue weighted by Crippen LogP contribution is -2.24. The summed E-state index contributed by atoms with van der Waals surface area (Å²) < 4.78 is 3.22. The predicted molar refractivity (Wildman–Crippen MR) is 89.4 cm³/mol. The molecule has 1 unspecified atom stereocenters. The maximum Gasteiger partial charge on any atom is 0.0731 e. The van der Waals surface area contributed by atoms with E-state index in [2.05, 4.69) is 52.3 Å². The molecule has 0 aliphatic carbocycles. The van der Waals surface area contributed by atoms with E-state index in [4.69, 9.17) is 0 Å². The average molecular weight is 356 g/mol. The summed E-state index contributed by atoms with van der Waals surface area (Å²) in [7, 11) is 2.02. The fraction of sp³-hybridized carbons (Fsp3) is 0.533. The molecule has 0 fully saturated rings. The molecule has 0 radical (unpaired) electrons. The van der Waals surface area contributed by atoms with Crippen molar-refractivity contribution >= 4 is 27.3 Å². The number of nitrogens with zero attached hydrogens (tertiary/aromatic N) is 2. The lowest BCUT2D eigenvalue weighted by Gasteiger charge is -2.17. The van der Waals surface area contributed by atoms with E-state index in [0.717, 1.165) is 25.1 Å². The third kappa shape index (κ3) is 3.71. The molecule has 20 heavy (non-hydrogen) atoms. The molecule has 2 aromatic rings.